The lowest BCUT2D eigenvalue weighted by molar-refractivity contribution is 0.0600. The molecule has 2 bridgehead atoms. The largest absolute Gasteiger partial charge is 0.494 e. The van der Waals surface area contributed by atoms with Crippen molar-refractivity contribution in [3.05, 3.63) is 112 Å². The van der Waals surface area contributed by atoms with Crippen molar-refractivity contribution in [3.63, 3.8) is 0 Å². The van der Waals surface area contributed by atoms with Gasteiger partial charge in [0, 0.05) is 23.0 Å². The lowest BCUT2D eigenvalue weighted by atomic mass is 9.62. The number of hydrogen-bond acceptors (Lipinski definition) is 4. The van der Waals surface area contributed by atoms with Gasteiger partial charge in [0.1, 0.15) is 0 Å². The Morgan fingerprint density at radius 3 is 1.61 bits per heavy atom. The van der Waals surface area contributed by atoms with Crippen molar-refractivity contribution < 1.29 is 19.7 Å². The monoisotopic (exact) mass is 409 g/mol. The molecule has 0 unspecified atom stereocenters. The van der Waals surface area contributed by atoms with Crippen molar-refractivity contribution in [2.45, 2.75) is 11.8 Å². The van der Waals surface area contributed by atoms with Gasteiger partial charge in [-0.1, -0.05) is 60.7 Å². The van der Waals surface area contributed by atoms with Gasteiger partial charge in [0.05, 0.1) is 18.4 Å². The van der Waals surface area contributed by atoms with E-state index in [2.05, 4.69) is 24.3 Å². The zero-order valence-corrected chi connectivity index (χ0v) is 16.7. The Hall–Kier alpha value is -3.99. The highest BCUT2D eigenvalue weighted by atomic mass is 16.5. The number of esters is 1. The van der Waals surface area contributed by atoms with Crippen LogP contribution >= 0.6 is 0 Å². The maximum absolute atomic E-state index is 12.4. The van der Waals surface area contributed by atoms with Gasteiger partial charge in [-0.15, -0.1) is 0 Å². The van der Waals surface area contributed by atoms with Gasteiger partial charge in [-0.3, -0.25) is 4.57 Å². The standard InChI is InChI=1S/C26H19NO4/c1-31-26(30)18-12-6-7-13-19(18)27-24(28)22-20-14-8-2-3-9-15(14)21(23(22)25(27)29)17-11-5-4-10-16(17)20/h2-13,20-21,28-29H,1H3. The number of aromatic nitrogens is 1. The van der Waals surface area contributed by atoms with Crippen molar-refractivity contribution in [3.8, 4) is 17.4 Å². The van der Waals surface area contributed by atoms with E-state index in [-0.39, 0.29) is 29.2 Å². The number of para-hydroxylation sites is 1. The molecule has 5 nitrogen and oxygen atoms in total. The van der Waals surface area contributed by atoms with Gasteiger partial charge in [-0.25, -0.2) is 4.79 Å². The number of hydrogen-bond donors (Lipinski definition) is 2. The van der Waals surface area contributed by atoms with E-state index < -0.39 is 5.97 Å². The van der Waals surface area contributed by atoms with Crippen molar-refractivity contribution in [1.82, 2.24) is 4.57 Å². The maximum Gasteiger partial charge on any atom is 0.339 e. The third kappa shape index (κ3) is 2.18. The molecule has 1 aromatic heterocycles. The van der Waals surface area contributed by atoms with E-state index in [0.29, 0.717) is 16.8 Å². The molecular formula is C26H19NO4. The molecule has 3 aliphatic rings. The van der Waals surface area contributed by atoms with Gasteiger partial charge in [0.15, 0.2) is 0 Å². The van der Waals surface area contributed by atoms with Crippen molar-refractivity contribution >= 4 is 5.97 Å². The minimum absolute atomic E-state index is 0.0529. The van der Waals surface area contributed by atoms with Crippen LogP contribution in [0.4, 0.5) is 0 Å². The Balaban J connectivity index is 1.68. The Morgan fingerprint density at radius 2 is 1.16 bits per heavy atom. The van der Waals surface area contributed by atoms with Crippen LogP contribution < -0.4 is 0 Å². The van der Waals surface area contributed by atoms with Crippen molar-refractivity contribution in [2.75, 3.05) is 7.11 Å². The minimum Gasteiger partial charge on any atom is -0.494 e. The van der Waals surface area contributed by atoms with Crippen LogP contribution in [-0.4, -0.2) is 27.9 Å². The molecule has 3 aliphatic carbocycles. The summed E-state index contributed by atoms with van der Waals surface area (Å²) in [5, 5.41) is 22.8. The van der Waals surface area contributed by atoms with Gasteiger partial charge >= 0.3 is 5.97 Å². The summed E-state index contributed by atoms with van der Waals surface area (Å²) in [6.45, 7) is 0. The van der Waals surface area contributed by atoms with Crippen LogP contribution in [0, 0.1) is 0 Å². The molecule has 0 spiro atoms. The third-order valence-electron chi connectivity index (χ3n) is 6.56. The highest BCUT2D eigenvalue weighted by molar-refractivity contribution is 5.94. The average molecular weight is 409 g/mol. The molecule has 0 amide bonds. The summed E-state index contributed by atoms with van der Waals surface area (Å²) < 4.78 is 6.29. The molecule has 31 heavy (non-hydrogen) atoms. The van der Waals surface area contributed by atoms with Crippen LogP contribution in [-0.2, 0) is 4.74 Å². The summed E-state index contributed by atoms with van der Waals surface area (Å²) in [6, 6.07) is 23.2. The quantitative estimate of drug-likeness (QED) is 0.408. The second-order valence-electron chi connectivity index (χ2n) is 7.94. The Bertz CT molecular complexity index is 1260. The Kier molecular flexibility index (Phi) is 3.60. The first-order valence-electron chi connectivity index (χ1n) is 10.1. The molecule has 4 aromatic rings. The number of carbonyl (C=O) groups excluding carboxylic acids is 1. The molecule has 0 atom stereocenters. The molecule has 7 rings (SSSR count). The average Bonchev–Trinajstić information content (AvgIpc) is 3.09. The van der Waals surface area contributed by atoms with E-state index in [0.717, 1.165) is 22.3 Å². The molecule has 3 aromatic carbocycles. The van der Waals surface area contributed by atoms with Gasteiger partial charge in [-0.2, -0.15) is 0 Å². The lowest BCUT2D eigenvalue weighted by Gasteiger charge is -2.40. The highest BCUT2D eigenvalue weighted by Crippen LogP contribution is 2.61. The molecule has 1 heterocycles. The number of rotatable bonds is 2. The number of ether oxygens (including phenoxy) is 1. The Morgan fingerprint density at radius 1 is 0.742 bits per heavy atom. The highest BCUT2D eigenvalue weighted by Gasteiger charge is 2.47. The van der Waals surface area contributed by atoms with E-state index in [1.165, 1.54) is 11.7 Å². The predicted molar refractivity (Wildman–Crippen MR) is 115 cm³/mol. The fraction of sp³-hybridized carbons (Fsp3) is 0.115. The minimum atomic E-state index is -0.532. The number of benzene rings is 3. The molecule has 2 N–H and O–H groups in total. The first kappa shape index (κ1) is 17.8. The van der Waals surface area contributed by atoms with Crippen LogP contribution in [0.2, 0.25) is 0 Å². The van der Waals surface area contributed by atoms with Crippen LogP contribution in [0.5, 0.6) is 11.8 Å². The second-order valence-corrected chi connectivity index (χ2v) is 7.94. The van der Waals surface area contributed by atoms with Gasteiger partial charge < -0.3 is 14.9 Å². The number of nitrogens with zero attached hydrogens (tertiary/aromatic N) is 1. The topological polar surface area (TPSA) is 71.7 Å². The fourth-order valence-corrected chi connectivity index (χ4v) is 5.36. The van der Waals surface area contributed by atoms with Gasteiger partial charge in [0.25, 0.3) is 0 Å². The lowest BCUT2D eigenvalue weighted by Crippen LogP contribution is -2.26. The summed E-state index contributed by atoms with van der Waals surface area (Å²) in [5.41, 5.74) is 6.57. The zero-order chi connectivity index (χ0) is 21.3. The summed E-state index contributed by atoms with van der Waals surface area (Å²) >= 11 is 0. The molecule has 0 fully saturated rings. The zero-order valence-electron chi connectivity index (χ0n) is 16.7. The van der Waals surface area contributed by atoms with Gasteiger partial charge in [-0.05, 0) is 34.4 Å². The third-order valence-corrected chi connectivity index (χ3v) is 6.56. The molecule has 152 valence electrons. The number of aromatic hydroxyl groups is 2. The first-order valence-corrected chi connectivity index (χ1v) is 10.1. The summed E-state index contributed by atoms with van der Waals surface area (Å²) in [4.78, 5) is 12.4. The van der Waals surface area contributed by atoms with E-state index in [1.807, 2.05) is 24.3 Å². The predicted octanol–water partition coefficient (Wildman–Crippen LogP) is 4.66. The smallest absolute Gasteiger partial charge is 0.339 e. The van der Waals surface area contributed by atoms with Gasteiger partial charge in [0.2, 0.25) is 11.8 Å². The summed E-state index contributed by atoms with van der Waals surface area (Å²) in [7, 11) is 1.31. The van der Waals surface area contributed by atoms with Crippen LogP contribution in [0.15, 0.2) is 72.8 Å². The molecule has 0 saturated heterocycles. The molecule has 5 heteroatoms. The maximum atomic E-state index is 12.4. The second kappa shape index (κ2) is 6.25. The van der Waals surface area contributed by atoms with Crippen LogP contribution in [0.25, 0.3) is 5.69 Å². The molecular weight excluding hydrogens is 390 g/mol. The molecule has 0 aliphatic heterocycles. The van der Waals surface area contributed by atoms with E-state index >= 15 is 0 Å². The SMILES string of the molecule is COC(=O)c1ccccc1-n1c(O)c2c(c1O)C1c3ccccc3C2c2ccccc21. The van der Waals surface area contributed by atoms with E-state index in [9.17, 15) is 15.0 Å². The Labute approximate surface area is 178 Å². The first-order chi connectivity index (χ1) is 15.1. The van der Waals surface area contributed by atoms with Crippen LogP contribution in [0.3, 0.4) is 0 Å². The van der Waals surface area contributed by atoms with Crippen molar-refractivity contribution in [1.29, 1.82) is 0 Å². The van der Waals surface area contributed by atoms with E-state index in [4.69, 9.17) is 4.74 Å². The molecule has 0 radical (unpaired) electrons. The van der Waals surface area contributed by atoms with E-state index in [1.54, 1.807) is 24.3 Å². The fourth-order valence-electron chi connectivity index (χ4n) is 5.36. The summed E-state index contributed by atoms with van der Waals surface area (Å²) in [5.74, 6) is -1.02. The van der Waals surface area contributed by atoms with Crippen molar-refractivity contribution in [2.24, 2.45) is 0 Å². The number of carbonyl (C=O) groups is 1. The summed E-state index contributed by atoms with van der Waals surface area (Å²) in [6.07, 6.45) is 0. The normalized spacial score (nSPS) is 17.6. The van der Waals surface area contributed by atoms with Crippen LogP contribution in [0.1, 0.15) is 55.6 Å². The number of methoxy groups -OCH3 is 1. The molecule has 0 saturated carbocycles.